The Hall–Kier alpha value is -2.60. The summed E-state index contributed by atoms with van der Waals surface area (Å²) in [7, 11) is 0. The van der Waals surface area contributed by atoms with Gasteiger partial charge in [-0.15, -0.1) is 0 Å². The van der Waals surface area contributed by atoms with Gasteiger partial charge in [0.15, 0.2) is 0 Å². The number of likely N-dealkylation sites (tertiary alicyclic amines) is 1. The average Bonchev–Trinajstić information content (AvgIpc) is 3.50. The van der Waals surface area contributed by atoms with Crippen LogP contribution in [-0.2, 0) is 6.54 Å². The highest BCUT2D eigenvalue weighted by molar-refractivity contribution is 5.40. The number of rotatable bonds is 5. The van der Waals surface area contributed by atoms with Gasteiger partial charge in [0, 0.05) is 37.2 Å². The lowest BCUT2D eigenvalue weighted by molar-refractivity contribution is -0.00306. The minimum absolute atomic E-state index is 0.272. The molecule has 6 heteroatoms. The molecule has 0 aliphatic carbocycles. The van der Waals surface area contributed by atoms with E-state index in [1.54, 1.807) is 0 Å². The fraction of sp³-hybridized carbons (Fsp3) is 0.520. The highest BCUT2D eigenvalue weighted by Gasteiger charge is 2.46. The smallest absolute Gasteiger partial charge is 0.0690 e. The molecular formula is C25H34N6. The van der Waals surface area contributed by atoms with Gasteiger partial charge in [-0.1, -0.05) is 38.5 Å². The number of para-hydroxylation sites is 1. The molecule has 4 heterocycles. The second-order valence-corrected chi connectivity index (χ2v) is 9.54. The van der Waals surface area contributed by atoms with Crippen molar-refractivity contribution in [3.63, 3.8) is 0 Å². The molecule has 2 fully saturated rings. The molecule has 2 aromatic heterocycles. The number of aromatic nitrogens is 4. The summed E-state index contributed by atoms with van der Waals surface area (Å²) in [4.78, 5) is 4.87. The van der Waals surface area contributed by atoms with Gasteiger partial charge >= 0.3 is 0 Å². The van der Waals surface area contributed by atoms with Gasteiger partial charge in [0.2, 0.25) is 0 Å². The zero-order valence-electron chi connectivity index (χ0n) is 18.8. The zero-order valence-corrected chi connectivity index (χ0v) is 18.8. The van der Waals surface area contributed by atoms with Crippen molar-refractivity contribution in [2.24, 2.45) is 5.92 Å². The molecule has 2 saturated heterocycles. The summed E-state index contributed by atoms with van der Waals surface area (Å²) in [5.74, 6) is 0.585. The molecule has 0 bridgehead atoms. The van der Waals surface area contributed by atoms with Crippen LogP contribution in [-0.4, -0.2) is 49.2 Å². The van der Waals surface area contributed by atoms with Crippen molar-refractivity contribution >= 4 is 0 Å². The third kappa shape index (κ3) is 3.89. The summed E-state index contributed by atoms with van der Waals surface area (Å²) < 4.78 is 2.00. The summed E-state index contributed by atoms with van der Waals surface area (Å²) in [5, 5.41) is 11.5. The van der Waals surface area contributed by atoms with Crippen LogP contribution in [0.1, 0.15) is 51.5 Å². The van der Waals surface area contributed by atoms with Crippen molar-refractivity contribution < 1.29 is 0 Å². The molecule has 31 heavy (non-hydrogen) atoms. The Bertz CT molecular complexity index is 964. The topological polar surface area (TPSA) is 42.1 Å². The van der Waals surface area contributed by atoms with Gasteiger partial charge < -0.3 is 0 Å². The van der Waals surface area contributed by atoms with E-state index in [4.69, 9.17) is 0 Å². The van der Waals surface area contributed by atoms with Crippen molar-refractivity contribution in [1.29, 1.82) is 0 Å². The van der Waals surface area contributed by atoms with E-state index in [9.17, 15) is 0 Å². The molecule has 0 radical (unpaired) electrons. The SMILES string of the molecule is CC(C)C1CC2(CCCCN2Cc2ccccc2-n2cccn2)CCN1n1cccn1. The average molecular weight is 419 g/mol. The summed E-state index contributed by atoms with van der Waals surface area (Å²) in [5.41, 5.74) is 2.83. The maximum Gasteiger partial charge on any atom is 0.0690 e. The first-order valence-electron chi connectivity index (χ1n) is 11.8. The fourth-order valence-corrected chi connectivity index (χ4v) is 5.73. The molecule has 0 saturated carbocycles. The number of benzene rings is 1. The molecule has 1 spiro atoms. The maximum absolute atomic E-state index is 4.55. The first-order chi connectivity index (χ1) is 15.2. The summed E-state index contributed by atoms with van der Waals surface area (Å²) in [6.45, 7) is 7.95. The van der Waals surface area contributed by atoms with Crippen molar-refractivity contribution in [3.05, 3.63) is 66.7 Å². The Morgan fingerprint density at radius 3 is 2.58 bits per heavy atom. The van der Waals surface area contributed by atoms with Gasteiger partial charge in [-0.05, 0) is 61.9 Å². The van der Waals surface area contributed by atoms with E-state index in [1.165, 1.54) is 49.9 Å². The largest absolute Gasteiger partial charge is 0.294 e. The Morgan fingerprint density at radius 1 is 0.968 bits per heavy atom. The van der Waals surface area contributed by atoms with E-state index in [-0.39, 0.29) is 5.54 Å². The van der Waals surface area contributed by atoms with Crippen LogP contribution in [0, 0.1) is 5.92 Å². The Labute approximate surface area is 185 Å². The minimum atomic E-state index is 0.272. The van der Waals surface area contributed by atoms with E-state index in [0.717, 1.165) is 13.1 Å². The van der Waals surface area contributed by atoms with Gasteiger partial charge in [0.25, 0.3) is 0 Å². The second kappa shape index (κ2) is 8.50. The highest BCUT2D eigenvalue weighted by atomic mass is 15.7. The van der Waals surface area contributed by atoms with Crippen LogP contribution in [0.2, 0.25) is 0 Å². The standard InChI is InChI=1S/C25H34N6/c1-21(2)24-19-25(12-18-30(24)31-17-8-14-27-31)11-5-6-15-28(25)20-22-9-3-4-10-23(22)29-16-7-13-26-29/h3-4,7-10,13-14,16-17,21,24H,5-6,11-12,15,18-20H2,1-2H3. The Morgan fingerprint density at radius 2 is 1.81 bits per heavy atom. The maximum atomic E-state index is 4.55. The van der Waals surface area contributed by atoms with Crippen LogP contribution in [0.15, 0.2) is 61.2 Å². The van der Waals surface area contributed by atoms with E-state index in [0.29, 0.717) is 12.0 Å². The monoisotopic (exact) mass is 418 g/mol. The van der Waals surface area contributed by atoms with Gasteiger partial charge in [0.05, 0.1) is 17.9 Å². The summed E-state index contributed by atoms with van der Waals surface area (Å²) in [6.07, 6.45) is 14.2. The molecule has 6 nitrogen and oxygen atoms in total. The lowest BCUT2D eigenvalue weighted by Crippen LogP contribution is -2.63. The van der Waals surface area contributed by atoms with Crippen LogP contribution < -0.4 is 5.01 Å². The van der Waals surface area contributed by atoms with Crippen LogP contribution in [0.4, 0.5) is 0 Å². The molecule has 3 aromatic rings. The van der Waals surface area contributed by atoms with Crippen molar-refractivity contribution in [3.8, 4) is 5.69 Å². The molecule has 2 aliphatic heterocycles. The number of piperidine rings is 2. The van der Waals surface area contributed by atoms with Gasteiger partial charge in [-0.3, -0.25) is 9.91 Å². The van der Waals surface area contributed by atoms with Crippen LogP contribution in [0.3, 0.4) is 0 Å². The van der Waals surface area contributed by atoms with Crippen molar-refractivity contribution in [2.75, 3.05) is 18.1 Å². The minimum Gasteiger partial charge on any atom is -0.294 e. The Kier molecular flexibility index (Phi) is 5.57. The molecule has 5 rings (SSSR count). The summed E-state index contributed by atoms with van der Waals surface area (Å²) >= 11 is 0. The van der Waals surface area contributed by atoms with E-state index in [1.807, 2.05) is 35.4 Å². The molecule has 2 atom stereocenters. The van der Waals surface area contributed by atoms with E-state index in [2.05, 4.69) is 69.2 Å². The third-order valence-corrected chi connectivity index (χ3v) is 7.40. The highest BCUT2D eigenvalue weighted by Crippen LogP contribution is 2.42. The van der Waals surface area contributed by atoms with Crippen molar-refractivity contribution in [2.45, 2.75) is 64.1 Å². The fourth-order valence-electron chi connectivity index (χ4n) is 5.73. The predicted molar refractivity (Wildman–Crippen MR) is 124 cm³/mol. The molecule has 1 aromatic carbocycles. The Balaban J connectivity index is 1.43. The van der Waals surface area contributed by atoms with Crippen LogP contribution >= 0.6 is 0 Å². The lowest BCUT2D eigenvalue weighted by Gasteiger charge is -2.55. The summed E-state index contributed by atoms with van der Waals surface area (Å²) in [6, 6.07) is 13.3. The number of nitrogens with zero attached hydrogens (tertiary/aromatic N) is 6. The molecule has 0 amide bonds. The molecule has 2 aliphatic rings. The van der Waals surface area contributed by atoms with E-state index >= 15 is 0 Å². The third-order valence-electron chi connectivity index (χ3n) is 7.40. The van der Waals surface area contributed by atoms with Crippen LogP contribution in [0.25, 0.3) is 5.69 Å². The molecular weight excluding hydrogens is 384 g/mol. The quantitative estimate of drug-likeness (QED) is 0.621. The number of hydrogen-bond donors (Lipinski definition) is 0. The lowest BCUT2D eigenvalue weighted by atomic mass is 9.73. The molecule has 0 N–H and O–H groups in total. The first-order valence-corrected chi connectivity index (χ1v) is 11.8. The van der Waals surface area contributed by atoms with Gasteiger partial charge in [0.1, 0.15) is 0 Å². The second-order valence-electron chi connectivity index (χ2n) is 9.54. The first kappa shape index (κ1) is 20.3. The normalized spacial score (nSPS) is 24.9. The predicted octanol–water partition coefficient (Wildman–Crippen LogP) is 4.25. The van der Waals surface area contributed by atoms with Gasteiger partial charge in [-0.25, -0.2) is 4.68 Å². The van der Waals surface area contributed by atoms with Crippen LogP contribution in [0.5, 0.6) is 0 Å². The zero-order chi connectivity index (χ0) is 21.3. The van der Waals surface area contributed by atoms with Gasteiger partial charge in [-0.2, -0.15) is 15.0 Å². The molecule has 164 valence electrons. The number of hydrogen-bond acceptors (Lipinski definition) is 4. The van der Waals surface area contributed by atoms with E-state index < -0.39 is 0 Å². The molecule has 2 unspecified atom stereocenters. The van der Waals surface area contributed by atoms with Crippen molar-refractivity contribution in [1.82, 2.24) is 24.6 Å².